The normalized spacial score (nSPS) is 11.7. The van der Waals surface area contributed by atoms with Crippen molar-refractivity contribution in [1.82, 2.24) is 15.1 Å². The van der Waals surface area contributed by atoms with Crippen LogP contribution in [0.15, 0.2) is 24.4 Å². The van der Waals surface area contributed by atoms with E-state index in [2.05, 4.69) is 10.4 Å². The van der Waals surface area contributed by atoms with Crippen LogP contribution < -0.4 is 11.1 Å². The molecule has 4 N–H and O–H groups in total. The summed E-state index contributed by atoms with van der Waals surface area (Å²) < 4.78 is 14.5. The fourth-order valence-electron chi connectivity index (χ4n) is 2.02. The van der Waals surface area contributed by atoms with Gasteiger partial charge >= 0.3 is 0 Å². The maximum Gasteiger partial charge on any atom is 0.275 e. The first kappa shape index (κ1) is 18.9. The van der Waals surface area contributed by atoms with E-state index < -0.39 is 5.91 Å². The van der Waals surface area contributed by atoms with Crippen molar-refractivity contribution in [3.8, 4) is 11.4 Å². The van der Waals surface area contributed by atoms with E-state index >= 15 is 0 Å². The zero-order valence-electron chi connectivity index (χ0n) is 12.9. The first-order chi connectivity index (χ1) is 10.4. The Kier molecular flexibility index (Phi) is 6.53. The van der Waals surface area contributed by atoms with E-state index in [-0.39, 0.29) is 35.7 Å². The first-order valence-corrected chi connectivity index (χ1v) is 6.97. The fraction of sp³-hybridized carbons (Fsp3) is 0.333. The standard InChI is InChI=1S/C15H19FN4O2.ClH/c1-9-7-11(16)3-4-12(9)20-8-13(21)14(19-20)15(22)18-6-5-10(2)17;/h3-4,7-8,10,21H,5-6,17H2,1-2H3,(H,18,22);1H. The average Bonchev–Trinajstić information content (AvgIpc) is 2.80. The molecule has 0 radical (unpaired) electrons. The van der Waals surface area contributed by atoms with Gasteiger partial charge in [-0.2, -0.15) is 5.10 Å². The lowest BCUT2D eigenvalue weighted by Crippen LogP contribution is -2.29. The van der Waals surface area contributed by atoms with E-state index in [1.165, 1.54) is 29.1 Å². The molecule has 1 aromatic heterocycles. The number of benzene rings is 1. The summed E-state index contributed by atoms with van der Waals surface area (Å²) in [5.74, 6) is -1.06. The van der Waals surface area contributed by atoms with Crippen LogP contribution >= 0.6 is 12.4 Å². The van der Waals surface area contributed by atoms with E-state index in [1.54, 1.807) is 6.92 Å². The van der Waals surface area contributed by atoms with Crippen molar-refractivity contribution < 1.29 is 14.3 Å². The summed E-state index contributed by atoms with van der Waals surface area (Å²) in [6.07, 6.45) is 1.95. The van der Waals surface area contributed by atoms with Gasteiger partial charge in [0, 0.05) is 12.6 Å². The zero-order valence-corrected chi connectivity index (χ0v) is 13.7. The van der Waals surface area contributed by atoms with E-state index in [1.807, 2.05) is 6.92 Å². The van der Waals surface area contributed by atoms with Crippen molar-refractivity contribution in [2.75, 3.05) is 6.54 Å². The van der Waals surface area contributed by atoms with Gasteiger partial charge in [-0.1, -0.05) is 0 Å². The third-order valence-electron chi connectivity index (χ3n) is 3.20. The van der Waals surface area contributed by atoms with Gasteiger partial charge < -0.3 is 16.2 Å². The Morgan fingerprint density at radius 1 is 1.52 bits per heavy atom. The SMILES string of the molecule is Cc1cc(F)ccc1-n1cc(O)c(C(=O)NCCC(C)N)n1.Cl. The van der Waals surface area contributed by atoms with E-state index in [9.17, 15) is 14.3 Å². The average molecular weight is 343 g/mol. The van der Waals surface area contributed by atoms with Crippen LogP contribution in [0.3, 0.4) is 0 Å². The third-order valence-corrected chi connectivity index (χ3v) is 3.20. The van der Waals surface area contributed by atoms with E-state index in [0.717, 1.165) is 0 Å². The Balaban J connectivity index is 0.00000264. The number of rotatable bonds is 5. The highest BCUT2D eigenvalue weighted by Gasteiger charge is 2.17. The molecule has 0 saturated carbocycles. The summed E-state index contributed by atoms with van der Waals surface area (Å²) in [5.41, 5.74) is 6.76. The Morgan fingerprint density at radius 2 is 2.22 bits per heavy atom. The van der Waals surface area contributed by atoms with Gasteiger partial charge in [0.2, 0.25) is 0 Å². The topological polar surface area (TPSA) is 93.2 Å². The van der Waals surface area contributed by atoms with E-state index in [0.29, 0.717) is 24.2 Å². The molecule has 2 aromatic rings. The Bertz CT molecular complexity index is 688. The minimum Gasteiger partial charge on any atom is -0.504 e. The van der Waals surface area contributed by atoms with Gasteiger partial charge in [-0.25, -0.2) is 9.07 Å². The Morgan fingerprint density at radius 3 is 2.83 bits per heavy atom. The number of aryl methyl sites for hydroxylation is 1. The minimum absolute atomic E-state index is 0. The number of carbonyl (C=O) groups is 1. The lowest BCUT2D eigenvalue weighted by molar-refractivity contribution is 0.0945. The largest absolute Gasteiger partial charge is 0.504 e. The number of aromatic hydroxyl groups is 1. The van der Waals surface area contributed by atoms with Gasteiger partial charge in [0.25, 0.3) is 5.91 Å². The number of aromatic nitrogens is 2. The van der Waals surface area contributed by atoms with Gasteiger partial charge in [-0.15, -0.1) is 12.4 Å². The number of halogens is 2. The van der Waals surface area contributed by atoms with Crippen LogP contribution in [-0.2, 0) is 0 Å². The van der Waals surface area contributed by atoms with Crippen molar-refractivity contribution in [3.05, 3.63) is 41.5 Å². The molecule has 0 spiro atoms. The molecule has 1 amide bonds. The highest BCUT2D eigenvalue weighted by Crippen LogP contribution is 2.20. The molecule has 0 bridgehead atoms. The van der Waals surface area contributed by atoms with Crippen LogP contribution in [0.4, 0.5) is 4.39 Å². The molecular weight excluding hydrogens is 323 g/mol. The molecule has 6 nitrogen and oxygen atoms in total. The molecule has 23 heavy (non-hydrogen) atoms. The van der Waals surface area contributed by atoms with Crippen LogP contribution in [0.2, 0.25) is 0 Å². The van der Waals surface area contributed by atoms with Gasteiger partial charge in [0.15, 0.2) is 11.4 Å². The fourth-order valence-corrected chi connectivity index (χ4v) is 2.02. The molecule has 1 aromatic carbocycles. The van der Waals surface area contributed by atoms with Crippen molar-refractivity contribution in [2.45, 2.75) is 26.3 Å². The number of carbonyl (C=O) groups excluding carboxylic acids is 1. The summed E-state index contributed by atoms with van der Waals surface area (Å²) in [6, 6.07) is 4.17. The third kappa shape index (κ3) is 4.67. The Labute approximate surface area is 139 Å². The molecular formula is C15H20ClFN4O2. The zero-order chi connectivity index (χ0) is 16.3. The molecule has 0 aliphatic carbocycles. The van der Waals surface area contributed by atoms with Crippen LogP contribution in [0.25, 0.3) is 5.69 Å². The molecule has 8 heteroatoms. The maximum atomic E-state index is 13.1. The number of nitrogens with two attached hydrogens (primary N) is 1. The first-order valence-electron chi connectivity index (χ1n) is 6.97. The predicted octanol–water partition coefficient (Wildman–Crippen LogP) is 1.91. The maximum absolute atomic E-state index is 13.1. The quantitative estimate of drug-likeness (QED) is 0.773. The number of nitrogens with zero attached hydrogens (tertiary/aromatic N) is 2. The second-order valence-corrected chi connectivity index (χ2v) is 5.26. The Hall–Kier alpha value is -2.12. The van der Waals surface area contributed by atoms with Crippen molar-refractivity contribution >= 4 is 18.3 Å². The number of amides is 1. The highest BCUT2D eigenvalue weighted by molar-refractivity contribution is 5.94. The smallest absolute Gasteiger partial charge is 0.275 e. The number of hydrogen-bond acceptors (Lipinski definition) is 4. The van der Waals surface area contributed by atoms with E-state index in [4.69, 9.17) is 5.73 Å². The summed E-state index contributed by atoms with van der Waals surface area (Å²) >= 11 is 0. The molecule has 1 heterocycles. The highest BCUT2D eigenvalue weighted by atomic mass is 35.5. The minimum atomic E-state index is -0.475. The molecule has 0 aliphatic heterocycles. The molecule has 0 aliphatic rings. The monoisotopic (exact) mass is 342 g/mol. The number of hydrogen-bond donors (Lipinski definition) is 3. The van der Waals surface area contributed by atoms with Crippen molar-refractivity contribution in [3.63, 3.8) is 0 Å². The van der Waals surface area contributed by atoms with Crippen LogP contribution in [0, 0.1) is 12.7 Å². The summed E-state index contributed by atoms with van der Waals surface area (Å²) in [7, 11) is 0. The van der Waals surface area contributed by atoms with Gasteiger partial charge in [0.1, 0.15) is 5.82 Å². The number of nitrogens with one attached hydrogen (secondary N) is 1. The second-order valence-electron chi connectivity index (χ2n) is 5.26. The molecule has 1 atom stereocenters. The second kappa shape index (κ2) is 7.94. The predicted molar refractivity (Wildman–Crippen MR) is 87.8 cm³/mol. The molecule has 0 fully saturated rings. The molecule has 2 rings (SSSR count). The van der Waals surface area contributed by atoms with Crippen LogP contribution in [0.1, 0.15) is 29.4 Å². The van der Waals surface area contributed by atoms with Crippen molar-refractivity contribution in [1.29, 1.82) is 0 Å². The lowest BCUT2D eigenvalue weighted by atomic mass is 10.2. The molecule has 0 saturated heterocycles. The lowest BCUT2D eigenvalue weighted by Gasteiger charge is -2.06. The van der Waals surface area contributed by atoms with Gasteiger partial charge in [-0.05, 0) is 44.0 Å². The molecule has 1 unspecified atom stereocenters. The summed E-state index contributed by atoms with van der Waals surface area (Å²) in [6.45, 7) is 3.97. The van der Waals surface area contributed by atoms with Crippen molar-refractivity contribution in [2.24, 2.45) is 5.73 Å². The molecule has 126 valence electrons. The summed E-state index contributed by atoms with van der Waals surface area (Å²) in [5, 5.41) is 16.6. The summed E-state index contributed by atoms with van der Waals surface area (Å²) in [4.78, 5) is 12.0. The van der Waals surface area contributed by atoms with Crippen LogP contribution in [-0.4, -0.2) is 33.4 Å². The van der Waals surface area contributed by atoms with Gasteiger partial charge in [-0.3, -0.25) is 4.79 Å². The van der Waals surface area contributed by atoms with Gasteiger partial charge in [0.05, 0.1) is 11.9 Å². The van der Waals surface area contributed by atoms with Crippen LogP contribution in [0.5, 0.6) is 5.75 Å².